The van der Waals surface area contributed by atoms with Gasteiger partial charge in [-0.1, -0.05) is 31.4 Å². The number of carbonyl (C=O) groups is 1. The van der Waals surface area contributed by atoms with E-state index < -0.39 is 0 Å². The molecule has 3 rings (SSSR count). The standard InChI is InChI=1S/C18H24FNO/c19-17-7-3-6-15(12-17)18(21)9-11-20-10-8-14-4-1-2-5-16(14)13-20/h3,6-7,12,14,16H,1-2,4-5,8-11,13H2. The highest BCUT2D eigenvalue weighted by atomic mass is 19.1. The van der Waals surface area contributed by atoms with E-state index in [1.165, 1.54) is 44.2 Å². The van der Waals surface area contributed by atoms with Gasteiger partial charge in [0, 0.05) is 25.1 Å². The molecule has 0 aromatic heterocycles. The van der Waals surface area contributed by atoms with Gasteiger partial charge in [0.1, 0.15) is 5.82 Å². The Morgan fingerprint density at radius 2 is 2.00 bits per heavy atom. The van der Waals surface area contributed by atoms with Crippen molar-refractivity contribution >= 4 is 5.78 Å². The smallest absolute Gasteiger partial charge is 0.164 e. The van der Waals surface area contributed by atoms with Crippen LogP contribution < -0.4 is 0 Å². The molecule has 1 aliphatic heterocycles. The van der Waals surface area contributed by atoms with Gasteiger partial charge in [-0.25, -0.2) is 4.39 Å². The summed E-state index contributed by atoms with van der Waals surface area (Å²) in [4.78, 5) is 14.6. The van der Waals surface area contributed by atoms with E-state index in [4.69, 9.17) is 0 Å². The highest BCUT2D eigenvalue weighted by molar-refractivity contribution is 5.96. The van der Waals surface area contributed by atoms with Gasteiger partial charge in [-0.2, -0.15) is 0 Å². The largest absolute Gasteiger partial charge is 0.303 e. The number of benzene rings is 1. The van der Waals surface area contributed by atoms with Crippen molar-refractivity contribution in [3.8, 4) is 0 Å². The van der Waals surface area contributed by atoms with Crippen LogP contribution >= 0.6 is 0 Å². The number of fused-ring (bicyclic) bond motifs is 1. The van der Waals surface area contributed by atoms with Crippen LogP contribution in [0.4, 0.5) is 4.39 Å². The fourth-order valence-electron chi connectivity index (χ4n) is 3.95. The molecule has 0 amide bonds. The first-order valence-corrected chi connectivity index (χ1v) is 8.23. The van der Waals surface area contributed by atoms with Gasteiger partial charge >= 0.3 is 0 Å². The van der Waals surface area contributed by atoms with E-state index in [1.54, 1.807) is 12.1 Å². The number of carbonyl (C=O) groups excluding carboxylic acids is 1. The summed E-state index contributed by atoms with van der Waals surface area (Å²) in [6.07, 6.45) is 7.33. The van der Waals surface area contributed by atoms with Crippen LogP contribution in [0.15, 0.2) is 24.3 Å². The van der Waals surface area contributed by atoms with Crippen LogP contribution in [0.5, 0.6) is 0 Å². The van der Waals surface area contributed by atoms with Crippen LogP contribution in [-0.4, -0.2) is 30.3 Å². The van der Waals surface area contributed by atoms with Gasteiger partial charge in [0.05, 0.1) is 0 Å². The zero-order chi connectivity index (χ0) is 14.7. The average molecular weight is 289 g/mol. The first-order valence-electron chi connectivity index (χ1n) is 8.23. The molecule has 21 heavy (non-hydrogen) atoms. The lowest BCUT2D eigenvalue weighted by molar-refractivity contribution is 0.0787. The molecular formula is C18H24FNO. The fraction of sp³-hybridized carbons (Fsp3) is 0.611. The number of halogens is 1. The summed E-state index contributed by atoms with van der Waals surface area (Å²) in [6, 6.07) is 6.04. The molecule has 0 bridgehead atoms. The molecule has 2 nitrogen and oxygen atoms in total. The third kappa shape index (κ3) is 3.70. The van der Waals surface area contributed by atoms with E-state index >= 15 is 0 Å². The zero-order valence-electron chi connectivity index (χ0n) is 12.6. The van der Waals surface area contributed by atoms with E-state index in [0.29, 0.717) is 12.0 Å². The monoisotopic (exact) mass is 289 g/mol. The van der Waals surface area contributed by atoms with E-state index in [1.807, 2.05) is 0 Å². The lowest BCUT2D eigenvalue weighted by Gasteiger charge is -2.41. The Balaban J connectivity index is 1.50. The molecule has 1 aliphatic carbocycles. The molecule has 1 saturated carbocycles. The number of rotatable bonds is 4. The van der Waals surface area contributed by atoms with E-state index in [9.17, 15) is 9.18 Å². The SMILES string of the molecule is O=C(CCN1CCC2CCCCC2C1)c1cccc(F)c1. The number of likely N-dealkylation sites (tertiary alicyclic amines) is 1. The van der Waals surface area contributed by atoms with Crippen LogP contribution in [0, 0.1) is 17.7 Å². The van der Waals surface area contributed by atoms with Gasteiger partial charge in [-0.3, -0.25) is 4.79 Å². The molecule has 2 aliphatic rings. The van der Waals surface area contributed by atoms with Gasteiger partial charge in [-0.05, 0) is 43.4 Å². The van der Waals surface area contributed by atoms with Gasteiger partial charge < -0.3 is 4.90 Å². The number of ketones is 1. The summed E-state index contributed by atoms with van der Waals surface area (Å²) in [5.74, 6) is 1.50. The summed E-state index contributed by atoms with van der Waals surface area (Å²) in [6.45, 7) is 3.09. The molecule has 0 radical (unpaired) electrons. The highest BCUT2D eigenvalue weighted by Crippen LogP contribution is 2.35. The highest BCUT2D eigenvalue weighted by Gasteiger charge is 2.30. The Morgan fingerprint density at radius 3 is 2.81 bits per heavy atom. The molecule has 0 N–H and O–H groups in total. The maximum absolute atomic E-state index is 13.1. The predicted molar refractivity (Wildman–Crippen MR) is 81.9 cm³/mol. The van der Waals surface area contributed by atoms with Crippen molar-refractivity contribution in [2.45, 2.75) is 38.5 Å². The quantitative estimate of drug-likeness (QED) is 0.783. The van der Waals surface area contributed by atoms with Crippen molar-refractivity contribution in [1.29, 1.82) is 0 Å². The van der Waals surface area contributed by atoms with Gasteiger partial charge in [0.2, 0.25) is 0 Å². The van der Waals surface area contributed by atoms with Crippen molar-refractivity contribution in [3.05, 3.63) is 35.6 Å². The predicted octanol–water partition coefficient (Wildman–Crippen LogP) is 3.91. The minimum absolute atomic E-state index is 0.0558. The van der Waals surface area contributed by atoms with Crippen LogP contribution in [0.1, 0.15) is 48.9 Å². The number of hydrogen-bond donors (Lipinski definition) is 0. The molecule has 1 saturated heterocycles. The van der Waals surface area contributed by atoms with Crippen molar-refractivity contribution < 1.29 is 9.18 Å². The van der Waals surface area contributed by atoms with Crippen LogP contribution in [-0.2, 0) is 0 Å². The Bertz CT molecular complexity index is 502. The topological polar surface area (TPSA) is 20.3 Å². The van der Waals surface area contributed by atoms with Crippen LogP contribution in [0.25, 0.3) is 0 Å². The molecular weight excluding hydrogens is 265 g/mol. The number of hydrogen-bond acceptors (Lipinski definition) is 2. The lowest BCUT2D eigenvalue weighted by atomic mass is 9.75. The number of piperidine rings is 1. The molecule has 0 spiro atoms. The summed E-state index contributed by atoms with van der Waals surface area (Å²) in [7, 11) is 0. The fourth-order valence-corrected chi connectivity index (χ4v) is 3.95. The summed E-state index contributed by atoms with van der Waals surface area (Å²) >= 11 is 0. The first-order chi connectivity index (χ1) is 10.2. The maximum atomic E-state index is 13.1. The minimum atomic E-state index is -0.330. The van der Waals surface area contributed by atoms with Crippen LogP contribution in [0.2, 0.25) is 0 Å². The Morgan fingerprint density at radius 1 is 1.19 bits per heavy atom. The van der Waals surface area contributed by atoms with Crippen LogP contribution in [0.3, 0.4) is 0 Å². The van der Waals surface area contributed by atoms with Crippen molar-refractivity contribution in [1.82, 2.24) is 4.90 Å². The molecule has 3 heteroatoms. The summed E-state index contributed by atoms with van der Waals surface area (Å²) < 4.78 is 13.1. The van der Waals surface area contributed by atoms with Gasteiger partial charge in [0.15, 0.2) is 5.78 Å². The lowest BCUT2D eigenvalue weighted by Crippen LogP contribution is -2.42. The molecule has 2 unspecified atom stereocenters. The van der Waals surface area contributed by atoms with E-state index in [2.05, 4.69) is 4.90 Å². The molecule has 114 valence electrons. The maximum Gasteiger partial charge on any atom is 0.164 e. The first kappa shape index (κ1) is 14.7. The second-order valence-corrected chi connectivity index (χ2v) is 6.58. The van der Waals surface area contributed by atoms with E-state index in [0.717, 1.165) is 31.5 Å². The molecule has 1 aromatic rings. The van der Waals surface area contributed by atoms with Crippen molar-refractivity contribution in [2.75, 3.05) is 19.6 Å². The Labute approximate surface area is 126 Å². The van der Waals surface area contributed by atoms with Crippen molar-refractivity contribution in [3.63, 3.8) is 0 Å². The number of nitrogens with zero attached hydrogens (tertiary/aromatic N) is 1. The molecule has 2 fully saturated rings. The Hall–Kier alpha value is -1.22. The average Bonchev–Trinajstić information content (AvgIpc) is 2.52. The zero-order valence-corrected chi connectivity index (χ0v) is 12.6. The molecule has 1 heterocycles. The van der Waals surface area contributed by atoms with Gasteiger partial charge in [-0.15, -0.1) is 0 Å². The molecule has 2 atom stereocenters. The van der Waals surface area contributed by atoms with Gasteiger partial charge in [0.25, 0.3) is 0 Å². The third-order valence-corrected chi connectivity index (χ3v) is 5.18. The summed E-state index contributed by atoms with van der Waals surface area (Å²) in [5, 5.41) is 0. The second kappa shape index (κ2) is 6.69. The second-order valence-electron chi connectivity index (χ2n) is 6.58. The van der Waals surface area contributed by atoms with E-state index in [-0.39, 0.29) is 11.6 Å². The molecule has 1 aromatic carbocycles. The Kier molecular flexibility index (Phi) is 4.69. The van der Waals surface area contributed by atoms with Crippen molar-refractivity contribution in [2.24, 2.45) is 11.8 Å². The minimum Gasteiger partial charge on any atom is -0.303 e. The normalized spacial score (nSPS) is 26.3. The summed E-state index contributed by atoms with van der Waals surface area (Å²) in [5.41, 5.74) is 0.502. The third-order valence-electron chi connectivity index (χ3n) is 5.18. The number of Topliss-reactive ketones (excluding diaryl/α,β-unsaturated/α-hetero) is 1.